The van der Waals surface area contributed by atoms with Gasteiger partial charge in [0.1, 0.15) is 4.90 Å². The molecule has 9 heteroatoms. The normalized spacial score (nSPS) is 13.0. The smallest absolute Gasteiger partial charge is 0.282 e. The van der Waals surface area contributed by atoms with E-state index in [9.17, 15) is 25.9 Å². The first kappa shape index (κ1) is 18.6. The molecule has 0 saturated carbocycles. The molecular weight excluding hydrogens is 354 g/mol. The van der Waals surface area contributed by atoms with Crippen molar-refractivity contribution in [3.63, 3.8) is 0 Å². The van der Waals surface area contributed by atoms with Crippen molar-refractivity contribution in [2.24, 2.45) is 0 Å². The summed E-state index contributed by atoms with van der Waals surface area (Å²) in [5.41, 5.74) is 0.885. The molecule has 0 atom stereocenters. The van der Waals surface area contributed by atoms with E-state index < -0.39 is 29.2 Å². The van der Waals surface area contributed by atoms with Gasteiger partial charge >= 0.3 is 10.3 Å². The lowest BCUT2D eigenvalue weighted by Crippen LogP contribution is -2.46. The number of nitrogens with zero attached hydrogens (tertiary/aromatic N) is 1. The van der Waals surface area contributed by atoms with Crippen LogP contribution in [0.25, 0.3) is 0 Å². The predicted molar refractivity (Wildman–Crippen MR) is 90.7 cm³/mol. The number of hydrogen-bond acceptors (Lipinski definition) is 4. The first-order chi connectivity index (χ1) is 10.9. The Balaban J connectivity index is 2.77. The van der Waals surface area contributed by atoms with E-state index in [0.717, 1.165) is 5.56 Å². The quantitative estimate of drug-likeness (QED) is 0.613. The largest absolute Gasteiger partial charge is 0.437 e. The van der Waals surface area contributed by atoms with Gasteiger partial charge in [-0.2, -0.15) is 12.3 Å². The molecule has 0 heterocycles. The molecule has 0 aliphatic rings. The molecule has 0 aliphatic carbocycles. The first-order valence-corrected chi connectivity index (χ1v) is 9.74. The maximum atomic E-state index is 11.7. The Kier molecular flexibility index (Phi) is 4.84. The van der Waals surface area contributed by atoms with E-state index in [-0.39, 0.29) is 17.7 Å². The van der Waals surface area contributed by atoms with Gasteiger partial charge in [0.15, 0.2) is 5.69 Å². The lowest BCUT2D eigenvalue weighted by atomic mass is 10.0. The minimum Gasteiger partial charge on any atom is -0.282 e. The molecule has 24 heavy (non-hydrogen) atoms. The molecule has 0 fully saturated rings. The van der Waals surface area contributed by atoms with Gasteiger partial charge in [0, 0.05) is 18.1 Å². The van der Waals surface area contributed by atoms with E-state index in [1.54, 1.807) is 30.3 Å². The Morgan fingerprint density at radius 1 is 0.875 bits per heavy atom. The molecule has 0 aliphatic heterocycles. The van der Waals surface area contributed by atoms with E-state index >= 15 is 0 Å². The van der Waals surface area contributed by atoms with Crippen molar-refractivity contribution in [1.29, 1.82) is 0 Å². The number of benzene rings is 2. The maximum Gasteiger partial charge on any atom is 0.437 e. The second-order valence-electron chi connectivity index (χ2n) is 5.69. The summed E-state index contributed by atoms with van der Waals surface area (Å²) in [4.78, 5) is -0.390. The molecule has 0 spiro atoms. The third kappa shape index (κ3) is 3.65. The van der Waals surface area contributed by atoms with E-state index in [1.165, 1.54) is 32.3 Å². The summed E-state index contributed by atoms with van der Waals surface area (Å²) < 4.78 is 64.9. The maximum absolute atomic E-state index is 11.7. The Morgan fingerprint density at radius 3 is 1.96 bits per heavy atom. The fraction of sp³-hybridized carbons (Fsp3) is 0.200. The van der Waals surface area contributed by atoms with Crippen molar-refractivity contribution in [3.8, 4) is 0 Å². The van der Waals surface area contributed by atoms with Crippen molar-refractivity contribution in [3.05, 3.63) is 59.7 Å². The van der Waals surface area contributed by atoms with Crippen molar-refractivity contribution in [1.82, 2.24) is 3.89 Å². The minimum atomic E-state index is -4.57. The Bertz CT molecular complexity index is 951. The van der Waals surface area contributed by atoms with Gasteiger partial charge in [-0.15, -0.1) is 8.42 Å². The van der Waals surface area contributed by atoms with Crippen LogP contribution in [0.2, 0.25) is 0 Å². The number of hydrogen-bond donors (Lipinski definition) is 2. The van der Waals surface area contributed by atoms with Crippen LogP contribution < -0.4 is 3.89 Å². The Hall–Kier alpha value is -1.78. The standard InChI is InChI=1S/C15H17NO6S2/c1-16(2,24(20,21)22)14-9-6-10-15(23(17,18)19)13(14)11-12-7-4-3-5-8-12/h3-10H,11H2,1-2H3,(H-,17,18,19,20,21,22)/p+1. The summed E-state index contributed by atoms with van der Waals surface area (Å²) in [5, 5.41) is 0. The molecular formula is C15H18NO6S2+. The SMILES string of the molecule is C[N+](C)(c1cccc(S(=O)(=O)O)c1Cc1ccccc1)S(=O)(=O)O. The van der Waals surface area contributed by atoms with E-state index in [0.29, 0.717) is 0 Å². The third-order valence-corrected chi connectivity index (χ3v) is 6.06. The lowest BCUT2D eigenvalue weighted by molar-refractivity contribution is 0.410. The van der Waals surface area contributed by atoms with Crippen LogP contribution in [0.1, 0.15) is 11.1 Å². The second-order valence-corrected chi connectivity index (χ2v) is 8.89. The van der Waals surface area contributed by atoms with Crippen LogP contribution in [-0.4, -0.2) is 40.0 Å². The zero-order chi connectivity index (χ0) is 18.2. The average Bonchev–Trinajstić information content (AvgIpc) is 2.46. The molecule has 0 radical (unpaired) electrons. The number of rotatable bonds is 5. The summed E-state index contributed by atoms with van der Waals surface area (Å²) in [6, 6.07) is 12.7. The lowest BCUT2D eigenvalue weighted by Gasteiger charge is -2.27. The van der Waals surface area contributed by atoms with Gasteiger partial charge < -0.3 is 0 Å². The summed E-state index contributed by atoms with van der Waals surface area (Å²) in [6.45, 7) is 0. The van der Waals surface area contributed by atoms with E-state index in [1.807, 2.05) is 0 Å². The average molecular weight is 372 g/mol. The molecule has 0 amide bonds. The highest BCUT2D eigenvalue weighted by molar-refractivity contribution is 7.86. The summed E-state index contributed by atoms with van der Waals surface area (Å²) in [6.07, 6.45) is 0.0728. The van der Waals surface area contributed by atoms with Crippen molar-refractivity contribution in [2.75, 3.05) is 14.1 Å². The highest BCUT2D eigenvalue weighted by atomic mass is 32.2. The highest BCUT2D eigenvalue weighted by Gasteiger charge is 2.37. The van der Waals surface area contributed by atoms with Crippen LogP contribution >= 0.6 is 0 Å². The first-order valence-electron chi connectivity index (χ1n) is 6.90. The zero-order valence-electron chi connectivity index (χ0n) is 13.1. The van der Waals surface area contributed by atoms with Gasteiger partial charge in [-0.3, -0.25) is 4.55 Å². The van der Waals surface area contributed by atoms with Gasteiger partial charge in [-0.05, 0) is 11.6 Å². The fourth-order valence-electron chi connectivity index (χ4n) is 2.40. The zero-order valence-corrected chi connectivity index (χ0v) is 14.8. The van der Waals surface area contributed by atoms with Gasteiger partial charge in [0.25, 0.3) is 10.1 Å². The van der Waals surface area contributed by atoms with Gasteiger partial charge in [-0.1, -0.05) is 36.4 Å². The molecule has 0 bridgehead atoms. The highest BCUT2D eigenvalue weighted by Crippen LogP contribution is 2.33. The minimum absolute atomic E-state index is 0.0523. The van der Waals surface area contributed by atoms with Gasteiger partial charge in [-0.25, -0.2) is 4.55 Å². The monoisotopic (exact) mass is 372 g/mol. The molecule has 2 aromatic rings. The number of quaternary nitrogens is 1. The van der Waals surface area contributed by atoms with Crippen LogP contribution in [0.15, 0.2) is 53.4 Å². The molecule has 130 valence electrons. The molecule has 2 rings (SSSR count). The van der Waals surface area contributed by atoms with Crippen LogP contribution in [0, 0.1) is 0 Å². The van der Waals surface area contributed by atoms with Crippen LogP contribution in [-0.2, 0) is 26.8 Å². The van der Waals surface area contributed by atoms with Crippen LogP contribution in [0.3, 0.4) is 0 Å². The Morgan fingerprint density at radius 2 is 1.46 bits per heavy atom. The predicted octanol–water partition coefficient (Wildman–Crippen LogP) is 1.89. The van der Waals surface area contributed by atoms with E-state index in [4.69, 9.17) is 0 Å². The van der Waals surface area contributed by atoms with Crippen LogP contribution in [0.4, 0.5) is 5.69 Å². The van der Waals surface area contributed by atoms with Crippen molar-refractivity contribution < 1.29 is 25.9 Å². The van der Waals surface area contributed by atoms with Gasteiger partial charge in [0.2, 0.25) is 0 Å². The second kappa shape index (κ2) is 6.26. The molecule has 7 nitrogen and oxygen atoms in total. The summed E-state index contributed by atoms with van der Waals surface area (Å²) in [5.74, 6) is 0. The summed E-state index contributed by atoms with van der Waals surface area (Å²) >= 11 is 0. The molecule has 2 N–H and O–H groups in total. The topological polar surface area (TPSA) is 109 Å². The van der Waals surface area contributed by atoms with Crippen LogP contribution in [0.5, 0.6) is 0 Å². The molecule has 0 aromatic heterocycles. The molecule has 2 aromatic carbocycles. The van der Waals surface area contributed by atoms with Gasteiger partial charge in [0.05, 0.1) is 14.1 Å². The van der Waals surface area contributed by atoms with Crippen molar-refractivity contribution >= 4 is 26.1 Å². The molecule has 0 unspecified atom stereocenters. The Labute approximate surface area is 141 Å². The van der Waals surface area contributed by atoms with Crippen molar-refractivity contribution in [2.45, 2.75) is 11.3 Å². The third-order valence-electron chi connectivity index (χ3n) is 3.77. The fourth-order valence-corrected chi connectivity index (χ4v) is 3.56. The summed E-state index contributed by atoms with van der Waals surface area (Å²) in [7, 11) is -6.71. The molecule has 0 saturated heterocycles. The van der Waals surface area contributed by atoms with E-state index in [2.05, 4.69) is 0 Å².